The van der Waals surface area contributed by atoms with Crippen LogP contribution in [-0.4, -0.2) is 31.5 Å². The third-order valence-electron chi connectivity index (χ3n) is 5.85. The number of carbonyl (C=O) groups excluding carboxylic acids is 2. The van der Waals surface area contributed by atoms with Crippen LogP contribution in [0.1, 0.15) is 37.9 Å². The molecule has 0 N–H and O–H groups in total. The van der Waals surface area contributed by atoms with E-state index in [1.165, 1.54) is 19.5 Å². The van der Waals surface area contributed by atoms with Crippen molar-refractivity contribution in [2.24, 2.45) is 0 Å². The van der Waals surface area contributed by atoms with Crippen LogP contribution >= 0.6 is 23.2 Å². The van der Waals surface area contributed by atoms with Crippen LogP contribution in [0, 0.1) is 0 Å². The normalized spacial score (nSPS) is 11.5. The van der Waals surface area contributed by atoms with Crippen molar-refractivity contribution in [3.8, 4) is 22.6 Å². The molecule has 37 heavy (non-hydrogen) atoms. The number of ether oxygens (including phenoxy) is 3. The minimum Gasteiger partial charge on any atom is -0.493 e. The lowest BCUT2D eigenvalue weighted by Gasteiger charge is -2.21. The van der Waals surface area contributed by atoms with E-state index >= 15 is 0 Å². The summed E-state index contributed by atoms with van der Waals surface area (Å²) in [6.07, 6.45) is 3.26. The fraction of sp³-hybridized carbons (Fsp3) is 0.138. The molecule has 0 aliphatic rings. The molecule has 1 aromatic heterocycles. The lowest BCUT2D eigenvalue weighted by molar-refractivity contribution is 0.0297. The highest BCUT2D eigenvalue weighted by molar-refractivity contribution is 6.35. The molecule has 188 valence electrons. The van der Waals surface area contributed by atoms with Gasteiger partial charge in [-0.2, -0.15) is 0 Å². The molecule has 6 nitrogen and oxygen atoms in total. The summed E-state index contributed by atoms with van der Waals surface area (Å²) in [4.78, 5) is 28.3. The molecule has 0 saturated carbocycles. The zero-order valence-corrected chi connectivity index (χ0v) is 21.6. The lowest BCUT2D eigenvalue weighted by Crippen LogP contribution is -2.15. The first-order valence-corrected chi connectivity index (χ1v) is 12.1. The third kappa shape index (κ3) is 6.10. The van der Waals surface area contributed by atoms with Crippen molar-refractivity contribution in [1.82, 2.24) is 4.98 Å². The van der Waals surface area contributed by atoms with Gasteiger partial charge in [-0.3, -0.25) is 9.78 Å². The predicted molar refractivity (Wildman–Crippen MR) is 143 cm³/mol. The van der Waals surface area contributed by atoms with Crippen molar-refractivity contribution < 1.29 is 23.8 Å². The molecule has 4 aromatic rings. The Morgan fingerprint density at radius 1 is 0.892 bits per heavy atom. The Bertz CT molecular complexity index is 1400. The van der Waals surface area contributed by atoms with Gasteiger partial charge in [0.05, 0.1) is 29.8 Å². The summed E-state index contributed by atoms with van der Waals surface area (Å²) >= 11 is 12.8. The quantitative estimate of drug-likeness (QED) is 0.169. The molecular weight excluding hydrogens is 513 g/mol. The topological polar surface area (TPSA) is 74.7 Å². The summed E-state index contributed by atoms with van der Waals surface area (Å²) in [5, 5.41) is 0.740. The molecule has 1 atom stereocenters. The van der Waals surface area contributed by atoms with Crippen molar-refractivity contribution in [2.45, 2.75) is 12.5 Å². The number of pyridine rings is 1. The highest BCUT2D eigenvalue weighted by atomic mass is 35.5. The van der Waals surface area contributed by atoms with Gasteiger partial charge >= 0.3 is 5.97 Å². The Balaban J connectivity index is 1.67. The van der Waals surface area contributed by atoms with E-state index in [-0.39, 0.29) is 6.42 Å². The Labute approximate surface area is 224 Å². The Morgan fingerprint density at radius 2 is 1.59 bits per heavy atom. The highest BCUT2D eigenvalue weighted by Gasteiger charge is 2.23. The van der Waals surface area contributed by atoms with Crippen LogP contribution in [0.4, 0.5) is 0 Å². The van der Waals surface area contributed by atoms with Gasteiger partial charge in [0, 0.05) is 24.4 Å². The summed E-state index contributed by atoms with van der Waals surface area (Å²) in [5.74, 6) is 0.519. The number of nitrogens with zero attached hydrogens (tertiary/aromatic N) is 1. The standard InChI is InChI=1S/C29H23Cl2NO5/c1-35-26-11-10-21(13-28(26)36-2)27(14-23-24(30)15-32-16-25(23)31)37-29(34)22-5-3-4-20(12-22)19-8-6-18(17-33)7-9-19/h3-13,15-17,27H,14H2,1-2H3/t27-/m0/s1. The summed E-state index contributed by atoms with van der Waals surface area (Å²) in [5.41, 5.74) is 3.91. The molecule has 0 bridgehead atoms. The summed E-state index contributed by atoms with van der Waals surface area (Å²) in [6, 6.07) is 19.5. The molecule has 0 aliphatic heterocycles. The fourth-order valence-electron chi connectivity index (χ4n) is 3.88. The molecule has 0 amide bonds. The monoisotopic (exact) mass is 535 g/mol. The van der Waals surface area contributed by atoms with Crippen LogP contribution in [0.2, 0.25) is 10.0 Å². The van der Waals surface area contributed by atoms with Gasteiger partial charge in [0.25, 0.3) is 0 Å². The van der Waals surface area contributed by atoms with Crippen LogP contribution in [0.3, 0.4) is 0 Å². The second kappa shape index (κ2) is 11.9. The van der Waals surface area contributed by atoms with Gasteiger partial charge in [-0.05, 0) is 46.5 Å². The van der Waals surface area contributed by atoms with Crippen LogP contribution in [0.25, 0.3) is 11.1 Å². The van der Waals surface area contributed by atoms with Crippen LogP contribution in [0.5, 0.6) is 11.5 Å². The van der Waals surface area contributed by atoms with Crippen molar-refractivity contribution in [3.05, 3.63) is 111 Å². The molecule has 0 spiro atoms. The number of methoxy groups -OCH3 is 2. The third-order valence-corrected chi connectivity index (χ3v) is 6.50. The van der Waals surface area contributed by atoms with E-state index in [9.17, 15) is 9.59 Å². The summed E-state index contributed by atoms with van der Waals surface area (Å²) in [7, 11) is 3.08. The number of rotatable bonds is 9. The van der Waals surface area contributed by atoms with Crippen molar-refractivity contribution in [2.75, 3.05) is 14.2 Å². The van der Waals surface area contributed by atoms with Crippen LogP contribution < -0.4 is 9.47 Å². The van der Waals surface area contributed by atoms with Gasteiger partial charge in [0.15, 0.2) is 11.5 Å². The Morgan fingerprint density at radius 3 is 2.24 bits per heavy atom. The maximum atomic E-state index is 13.3. The summed E-state index contributed by atoms with van der Waals surface area (Å²) < 4.78 is 16.8. The first-order chi connectivity index (χ1) is 17.9. The number of aldehydes is 1. The molecule has 0 saturated heterocycles. The molecule has 3 aromatic carbocycles. The van der Waals surface area contributed by atoms with Gasteiger partial charge in [-0.15, -0.1) is 0 Å². The number of aromatic nitrogens is 1. The van der Waals surface area contributed by atoms with Gasteiger partial charge in [0.1, 0.15) is 12.4 Å². The second-order valence-electron chi connectivity index (χ2n) is 8.11. The zero-order chi connectivity index (χ0) is 26.4. The number of benzene rings is 3. The van der Waals surface area contributed by atoms with Crippen molar-refractivity contribution in [1.29, 1.82) is 0 Å². The lowest BCUT2D eigenvalue weighted by atomic mass is 10.0. The molecule has 4 rings (SSSR count). The van der Waals surface area contributed by atoms with E-state index < -0.39 is 12.1 Å². The molecule has 0 aliphatic carbocycles. The number of esters is 1. The predicted octanol–water partition coefficient (Wildman–Crippen LogP) is 7.03. The van der Waals surface area contributed by atoms with E-state index in [4.69, 9.17) is 37.4 Å². The average Bonchev–Trinajstić information content (AvgIpc) is 2.94. The SMILES string of the molecule is COc1ccc([C@H](Cc2c(Cl)cncc2Cl)OC(=O)c2cccc(-c3ccc(C=O)cc3)c2)cc1OC. The minimum atomic E-state index is -0.736. The van der Waals surface area contributed by atoms with Gasteiger partial charge in [0.2, 0.25) is 0 Å². The smallest absolute Gasteiger partial charge is 0.338 e. The van der Waals surface area contributed by atoms with Crippen LogP contribution in [-0.2, 0) is 11.2 Å². The van der Waals surface area contributed by atoms with Gasteiger partial charge in [-0.25, -0.2) is 4.79 Å². The average molecular weight is 536 g/mol. The van der Waals surface area contributed by atoms with E-state index in [0.717, 1.165) is 17.4 Å². The van der Waals surface area contributed by atoms with Crippen molar-refractivity contribution in [3.63, 3.8) is 0 Å². The van der Waals surface area contributed by atoms with E-state index in [0.29, 0.717) is 43.8 Å². The number of halogens is 2. The molecule has 8 heteroatoms. The molecule has 0 radical (unpaired) electrons. The number of hydrogen-bond donors (Lipinski definition) is 0. The van der Waals surface area contributed by atoms with Crippen LogP contribution in [0.15, 0.2) is 79.1 Å². The van der Waals surface area contributed by atoms with Crippen molar-refractivity contribution >= 4 is 35.5 Å². The molecular formula is C29H23Cl2NO5. The Kier molecular flexibility index (Phi) is 8.43. The van der Waals surface area contributed by atoms with E-state index in [1.54, 1.807) is 55.6 Å². The maximum absolute atomic E-state index is 13.3. The second-order valence-corrected chi connectivity index (χ2v) is 8.93. The zero-order valence-electron chi connectivity index (χ0n) is 20.1. The van der Waals surface area contributed by atoms with Gasteiger partial charge in [-0.1, -0.05) is 65.7 Å². The minimum absolute atomic E-state index is 0.217. The van der Waals surface area contributed by atoms with E-state index in [1.807, 2.05) is 18.2 Å². The van der Waals surface area contributed by atoms with E-state index in [2.05, 4.69) is 4.98 Å². The highest BCUT2D eigenvalue weighted by Crippen LogP contribution is 2.35. The maximum Gasteiger partial charge on any atom is 0.338 e. The van der Waals surface area contributed by atoms with Gasteiger partial charge < -0.3 is 14.2 Å². The molecule has 0 unspecified atom stereocenters. The largest absolute Gasteiger partial charge is 0.493 e. The Hall–Kier alpha value is -3.87. The summed E-state index contributed by atoms with van der Waals surface area (Å²) in [6.45, 7) is 0. The molecule has 1 heterocycles. The number of hydrogen-bond acceptors (Lipinski definition) is 6. The molecule has 0 fully saturated rings. The number of carbonyl (C=O) groups is 2. The first kappa shape index (κ1) is 26.2. The first-order valence-electron chi connectivity index (χ1n) is 11.3. The fourth-order valence-corrected chi connectivity index (χ4v) is 4.40.